The third-order valence-corrected chi connectivity index (χ3v) is 6.54. The number of carbonyl (C=O) groups excluding carboxylic acids is 2. The number of para-hydroxylation sites is 1. The second-order valence-corrected chi connectivity index (χ2v) is 8.76. The topological polar surface area (TPSA) is 67.2 Å². The second-order valence-electron chi connectivity index (χ2n) is 8.76. The Labute approximate surface area is 199 Å². The summed E-state index contributed by atoms with van der Waals surface area (Å²) in [6.45, 7) is 1.78. The van der Waals surface area contributed by atoms with Crippen LogP contribution in [0.5, 0.6) is 0 Å². The number of amides is 2. The van der Waals surface area contributed by atoms with Crippen molar-refractivity contribution in [3.8, 4) is 5.69 Å². The maximum absolute atomic E-state index is 13.1. The molecule has 0 radical (unpaired) electrons. The first kappa shape index (κ1) is 21.9. The van der Waals surface area contributed by atoms with E-state index >= 15 is 0 Å². The van der Waals surface area contributed by atoms with Crippen molar-refractivity contribution >= 4 is 22.6 Å². The van der Waals surface area contributed by atoms with Crippen LogP contribution in [0, 0.1) is 5.92 Å². The van der Waals surface area contributed by atoms with E-state index in [0.29, 0.717) is 32.5 Å². The Hall–Kier alpha value is -3.93. The molecule has 1 aliphatic heterocycles. The summed E-state index contributed by atoms with van der Waals surface area (Å²) >= 11 is 0. The maximum atomic E-state index is 13.1. The Morgan fingerprint density at radius 3 is 2.47 bits per heavy atom. The summed E-state index contributed by atoms with van der Waals surface area (Å²) in [7, 11) is 0. The highest BCUT2D eigenvalue weighted by Gasteiger charge is 2.28. The number of aromatic nitrogens is 2. The van der Waals surface area contributed by atoms with Gasteiger partial charge >= 0.3 is 0 Å². The van der Waals surface area contributed by atoms with E-state index in [1.54, 1.807) is 0 Å². The highest BCUT2D eigenvalue weighted by molar-refractivity contribution is 6.07. The lowest BCUT2D eigenvalue weighted by molar-refractivity contribution is -0.126. The van der Waals surface area contributed by atoms with Crippen LogP contribution < -0.4 is 5.32 Å². The summed E-state index contributed by atoms with van der Waals surface area (Å²) in [6, 6.07) is 23.8. The molecular formula is C28H28N4O2. The third kappa shape index (κ3) is 4.71. The molecule has 34 heavy (non-hydrogen) atoms. The molecule has 1 aromatic heterocycles. The van der Waals surface area contributed by atoms with Crippen molar-refractivity contribution in [1.82, 2.24) is 20.0 Å². The molecule has 6 nitrogen and oxygen atoms in total. The first-order chi connectivity index (χ1) is 16.7. The first-order valence-electron chi connectivity index (χ1n) is 11.8. The van der Waals surface area contributed by atoms with Crippen LogP contribution in [-0.4, -0.2) is 46.1 Å². The van der Waals surface area contributed by atoms with Gasteiger partial charge in [-0.3, -0.25) is 9.59 Å². The number of carbonyl (C=O) groups is 2. The maximum Gasteiger partial charge on any atom is 0.254 e. The number of likely N-dealkylation sites (tertiary alicyclic amines) is 1. The van der Waals surface area contributed by atoms with Gasteiger partial charge in [-0.15, -0.1) is 0 Å². The van der Waals surface area contributed by atoms with Crippen molar-refractivity contribution in [2.45, 2.75) is 19.3 Å². The average molecular weight is 453 g/mol. The molecule has 6 heteroatoms. The number of hydrogen-bond donors (Lipinski definition) is 1. The number of hydrogen-bond acceptors (Lipinski definition) is 3. The Balaban J connectivity index is 1.11. The molecule has 0 unspecified atom stereocenters. The molecule has 3 aromatic carbocycles. The molecule has 2 heterocycles. The van der Waals surface area contributed by atoms with E-state index in [2.05, 4.69) is 10.4 Å². The monoisotopic (exact) mass is 452 g/mol. The smallest absolute Gasteiger partial charge is 0.254 e. The van der Waals surface area contributed by atoms with E-state index in [9.17, 15) is 9.59 Å². The van der Waals surface area contributed by atoms with Gasteiger partial charge in [0.25, 0.3) is 5.91 Å². The van der Waals surface area contributed by atoms with E-state index in [1.807, 2.05) is 94.8 Å². The van der Waals surface area contributed by atoms with Gasteiger partial charge in [0.1, 0.15) is 0 Å². The summed E-state index contributed by atoms with van der Waals surface area (Å²) < 4.78 is 1.85. The molecule has 0 spiro atoms. The van der Waals surface area contributed by atoms with E-state index in [1.165, 1.54) is 0 Å². The van der Waals surface area contributed by atoms with Crippen molar-refractivity contribution in [1.29, 1.82) is 0 Å². The molecule has 0 atom stereocenters. The largest absolute Gasteiger partial charge is 0.356 e. The molecule has 1 aliphatic rings. The van der Waals surface area contributed by atoms with Gasteiger partial charge in [0.05, 0.1) is 11.9 Å². The molecule has 2 amide bonds. The quantitative estimate of drug-likeness (QED) is 0.476. The molecule has 172 valence electrons. The van der Waals surface area contributed by atoms with Gasteiger partial charge < -0.3 is 10.2 Å². The molecule has 5 rings (SSSR count). The normalized spacial score (nSPS) is 14.3. The van der Waals surface area contributed by atoms with Gasteiger partial charge in [-0.25, -0.2) is 4.68 Å². The Morgan fingerprint density at radius 2 is 1.65 bits per heavy atom. The second kappa shape index (κ2) is 9.91. The van der Waals surface area contributed by atoms with E-state index in [0.717, 1.165) is 34.0 Å². The number of rotatable bonds is 6. The van der Waals surface area contributed by atoms with Crippen LogP contribution in [0.3, 0.4) is 0 Å². The van der Waals surface area contributed by atoms with E-state index < -0.39 is 0 Å². The highest BCUT2D eigenvalue weighted by atomic mass is 16.2. The lowest BCUT2D eigenvalue weighted by Gasteiger charge is -2.31. The number of fused-ring (bicyclic) bond motifs is 1. The number of piperidine rings is 1. The molecule has 0 aliphatic carbocycles. The summed E-state index contributed by atoms with van der Waals surface area (Å²) in [5, 5.41) is 9.52. The zero-order valence-electron chi connectivity index (χ0n) is 19.1. The molecular weight excluding hydrogens is 424 g/mol. The fourth-order valence-corrected chi connectivity index (χ4v) is 4.61. The standard InChI is InChI=1S/C28H28N4O2/c33-27(29-16-13-21-19-30-32(20-21)24-9-2-1-3-10-24)23-14-17-31(18-15-23)28(34)26-12-6-8-22-7-4-5-11-25(22)26/h1-12,19-20,23H,13-18H2,(H,29,33). The molecule has 1 N–H and O–H groups in total. The molecule has 0 bridgehead atoms. The number of benzene rings is 3. The van der Waals surface area contributed by atoms with Crippen LogP contribution in [-0.2, 0) is 11.2 Å². The zero-order valence-corrected chi connectivity index (χ0v) is 19.1. The van der Waals surface area contributed by atoms with Gasteiger partial charge in [-0.1, -0.05) is 54.6 Å². The predicted molar refractivity (Wildman–Crippen MR) is 133 cm³/mol. The minimum Gasteiger partial charge on any atom is -0.356 e. The van der Waals surface area contributed by atoms with E-state index in [-0.39, 0.29) is 17.7 Å². The first-order valence-corrected chi connectivity index (χ1v) is 11.8. The fraction of sp³-hybridized carbons (Fsp3) is 0.250. The highest BCUT2D eigenvalue weighted by Crippen LogP contribution is 2.23. The van der Waals surface area contributed by atoms with Gasteiger partial charge in [-0.05, 0) is 53.8 Å². The number of nitrogens with zero attached hydrogens (tertiary/aromatic N) is 3. The van der Waals surface area contributed by atoms with Crippen molar-refractivity contribution in [3.05, 3.63) is 96.3 Å². The van der Waals surface area contributed by atoms with Gasteiger partial charge in [0.2, 0.25) is 5.91 Å². The van der Waals surface area contributed by atoms with Crippen LogP contribution in [0.15, 0.2) is 85.2 Å². The van der Waals surface area contributed by atoms with Crippen LogP contribution in [0.25, 0.3) is 16.5 Å². The minimum absolute atomic E-state index is 0.0473. The Bertz CT molecular complexity index is 1280. The van der Waals surface area contributed by atoms with Crippen molar-refractivity contribution in [2.75, 3.05) is 19.6 Å². The molecule has 4 aromatic rings. The zero-order chi connectivity index (χ0) is 23.3. The Morgan fingerprint density at radius 1 is 0.912 bits per heavy atom. The van der Waals surface area contributed by atoms with Crippen molar-refractivity contribution < 1.29 is 9.59 Å². The van der Waals surface area contributed by atoms with Crippen LogP contribution in [0.1, 0.15) is 28.8 Å². The summed E-state index contributed by atoms with van der Waals surface area (Å²) in [5.74, 6) is 0.0717. The summed E-state index contributed by atoms with van der Waals surface area (Å²) in [5.41, 5.74) is 2.83. The minimum atomic E-state index is -0.0522. The summed E-state index contributed by atoms with van der Waals surface area (Å²) in [4.78, 5) is 27.7. The van der Waals surface area contributed by atoms with Gasteiger partial charge in [-0.2, -0.15) is 5.10 Å². The van der Waals surface area contributed by atoms with Crippen LogP contribution in [0.4, 0.5) is 0 Å². The van der Waals surface area contributed by atoms with Gasteiger partial charge in [0, 0.05) is 37.3 Å². The lowest BCUT2D eigenvalue weighted by atomic mass is 9.94. The van der Waals surface area contributed by atoms with Crippen LogP contribution >= 0.6 is 0 Å². The third-order valence-electron chi connectivity index (χ3n) is 6.54. The van der Waals surface area contributed by atoms with Crippen LogP contribution in [0.2, 0.25) is 0 Å². The Kier molecular flexibility index (Phi) is 6.38. The SMILES string of the molecule is O=C(NCCc1cnn(-c2ccccc2)c1)C1CCN(C(=O)c2cccc3ccccc23)CC1. The van der Waals surface area contributed by atoms with E-state index in [4.69, 9.17) is 0 Å². The lowest BCUT2D eigenvalue weighted by Crippen LogP contribution is -2.43. The average Bonchev–Trinajstić information content (AvgIpc) is 3.37. The molecule has 0 saturated carbocycles. The number of nitrogens with one attached hydrogen (secondary N) is 1. The van der Waals surface area contributed by atoms with Crippen molar-refractivity contribution in [3.63, 3.8) is 0 Å². The fourth-order valence-electron chi connectivity index (χ4n) is 4.61. The predicted octanol–water partition coefficient (Wildman–Crippen LogP) is 4.24. The summed E-state index contributed by atoms with van der Waals surface area (Å²) in [6.07, 6.45) is 5.95. The van der Waals surface area contributed by atoms with Crippen molar-refractivity contribution in [2.24, 2.45) is 5.92 Å². The molecule has 1 fully saturated rings. The molecule has 1 saturated heterocycles. The van der Waals surface area contributed by atoms with Gasteiger partial charge in [0.15, 0.2) is 0 Å².